The standard InChI is InChI=1S/C30H36ClN3O5S/c1-6-28(30(36)32-21(2)3)33(19-23-11-8-7-10-22(23)4)29(35)20-34(25-13-9-12-24(31)18-25)40(37,38)27-16-14-26(39-5)15-17-27/h7-18,21,28H,6,19-20H2,1-5H3,(H,32,36)/t28-/m1/s1. The van der Waals surface area contributed by atoms with Gasteiger partial charge < -0.3 is 15.0 Å². The Kier molecular flexibility index (Phi) is 10.6. The van der Waals surface area contributed by atoms with Crippen LogP contribution in [0.25, 0.3) is 0 Å². The summed E-state index contributed by atoms with van der Waals surface area (Å²) in [6, 6.07) is 18.9. The Morgan fingerprint density at radius 2 is 1.68 bits per heavy atom. The number of amides is 2. The van der Waals surface area contributed by atoms with Gasteiger partial charge in [0.15, 0.2) is 0 Å². The number of halogens is 1. The van der Waals surface area contributed by atoms with Crippen LogP contribution >= 0.6 is 11.6 Å². The largest absolute Gasteiger partial charge is 0.497 e. The van der Waals surface area contributed by atoms with Crippen molar-refractivity contribution in [3.8, 4) is 5.75 Å². The Bertz CT molecular complexity index is 1430. The molecule has 0 saturated carbocycles. The highest BCUT2D eigenvalue weighted by atomic mass is 35.5. The molecule has 8 nitrogen and oxygen atoms in total. The summed E-state index contributed by atoms with van der Waals surface area (Å²) >= 11 is 6.23. The van der Waals surface area contributed by atoms with E-state index in [9.17, 15) is 18.0 Å². The lowest BCUT2D eigenvalue weighted by atomic mass is 10.1. The third kappa shape index (κ3) is 7.55. The van der Waals surface area contributed by atoms with Crippen molar-refractivity contribution in [2.75, 3.05) is 18.0 Å². The Labute approximate surface area is 241 Å². The molecule has 214 valence electrons. The number of hydrogen-bond donors (Lipinski definition) is 1. The lowest BCUT2D eigenvalue weighted by molar-refractivity contribution is -0.140. The van der Waals surface area contributed by atoms with Gasteiger partial charge >= 0.3 is 0 Å². The lowest BCUT2D eigenvalue weighted by Gasteiger charge is -2.34. The number of carbonyl (C=O) groups excluding carboxylic acids is 2. The molecule has 40 heavy (non-hydrogen) atoms. The monoisotopic (exact) mass is 585 g/mol. The van der Waals surface area contributed by atoms with Crippen molar-refractivity contribution in [3.63, 3.8) is 0 Å². The van der Waals surface area contributed by atoms with E-state index < -0.39 is 28.5 Å². The minimum Gasteiger partial charge on any atom is -0.497 e. The zero-order valence-corrected chi connectivity index (χ0v) is 25.0. The molecule has 0 aromatic heterocycles. The molecule has 3 aromatic carbocycles. The molecule has 0 unspecified atom stereocenters. The first-order valence-electron chi connectivity index (χ1n) is 13.0. The molecule has 0 bridgehead atoms. The zero-order chi connectivity index (χ0) is 29.4. The van der Waals surface area contributed by atoms with Crippen LogP contribution in [-0.4, -0.2) is 50.9 Å². The third-order valence-corrected chi connectivity index (χ3v) is 8.46. The number of anilines is 1. The highest BCUT2D eigenvalue weighted by Crippen LogP contribution is 2.28. The molecule has 0 aliphatic heterocycles. The van der Waals surface area contributed by atoms with Crippen molar-refractivity contribution in [2.45, 2.75) is 57.6 Å². The van der Waals surface area contributed by atoms with Crippen LogP contribution < -0.4 is 14.4 Å². The predicted octanol–water partition coefficient (Wildman–Crippen LogP) is 5.18. The maximum absolute atomic E-state index is 14.1. The summed E-state index contributed by atoms with van der Waals surface area (Å²) < 4.78 is 34.0. The van der Waals surface area contributed by atoms with E-state index in [0.29, 0.717) is 17.2 Å². The third-order valence-electron chi connectivity index (χ3n) is 6.44. The fourth-order valence-electron chi connectivity index (χ4n) is 4.31. The van der Waals surface area contributed by atoms with Gasteiger partial charge in [-0.15, -0.1) is 0 Å². The number of sulfonamides is 1. The van der Waals surface area contributed by atoms with Crippen molar-refractivity contribution >= 4 is 39.1 Å². The molecule has 10 heteroatoms. The number of nitrogens with one attached hydrogen (secondary N) is 1. The van der Waals surface area contributed by atoms with Gasteiger partial charge in [0.1, 0.15) is 18.3 Å². The Morgan fingerprint density at radius 1 is 1.00 bits per heavy atom. The van der Waals surface area contributed by atoms with Crippen molar-refractivity contribution in [3.05, 3.63) is 88.9 Å². The molecule has 0 aliphatic carbocycles. The van der Waals surface area contributed by atoms with Gasteiger partial charge in [-0.3, -0.25) is 13.9 Å². The average molecular weight is 586 g/mol. The number of ether oxygens (including phenoxy) is 1. The second-order valence-electron chi connectivity index (χ2n) is 9.70. The fourth-order valence-corrected chi connectivity index (χ4v) is 5.90. The number of carbonyl (C=O) groups is 2. The molecule has 0 fully saturated rings. The molecule has 3 rings (SSSR count). The van der Waals surface area contributed by atoms with Crippen LogP contribution in [0.3, 0.4) is 0 Å². The van der Waals surface area contributed by atoms with Gasteiger partial charge in [0.2, 0.25) is 11.8 Å². The van der Waals surface area contributed by atoms with Gasteiger partial charge in [-0.1, -0.05) is 48.9 Å². The van der Waals surface area contributed by atoms with Crippen molar-refractivity contribution in [2.24, 2.45) is 0 Å². The second kappa shape index (κ2) is 13.7. The predicted molar refractivity (Wildman–Crippen MR) is 158 cm³/mol. The number of nitrogens with zero attached hydrogens (tertiary/aromatic N) is 2. The van der Waals surface area contributed by atoms with Gasteiger partial charge in [-0.2, -0.15) is 0 Å². The summed E-state index contributed by atoms with van der Waals surface area (Å²) in [7, 11) is -2.72. The molecule has 0 radical (unpaired) electrons. The molecule has 0 saturated heterocycles. The van der Waals surface area contributed by atoms with Crippen molar-refractivity contribution < 1.29 is 22.7 Å². The first-order chi connectivity index (χ1) is 19.0. The maximum atomic E-state index is 14.1. The number of aryl methyl sites for hydroxylation is 1. The molecule has 1 atom stereocenters. The van der Waals surface area contributed by atoms with E-state index in [1.54, 1.807) is 30.3 Å². The molecule has 0 spiro atoms. The molecule has 3 aromatic rings. The van der Waals surface area contributed by atoms with Crippen LogP contribution in [0.2, 0.25) is 5.02 Å². The first kappa shape index (κ1) is 31.0. The smallest absolute Gasteiger partial charge is 0.264 e. The summed E-state index contributed by atoms with van der Waals surface area (Å²) in [6.07, 6.45) is 0.346. The second-order valence-corrected chi connectivity index (χ2v) is 12.0. The summed E-state index contributed by atoms with van der Waals surface area (Å²) in [5.41, 5.74) is 2.04. The van der Waals surface area contributed by atoms with Crippen molar-refractivity contribution in [1.82, 2.24) is 10.2 Å². The van der Waals surface area contributed by atoms with E-state index in [1.807, 2.05) is 52.0 Å². The highest BCUT2D eigenvalue weighted by molar-refractivity contribution is 7.92. The average Bonchev–Trinajstić information content (AvgIpc) is 2.92. The van der Waals surface area contributed by atoms with Crippen LogP contribution in [0.4, 0.5) is 5.69 Å². The number of hydrogen-bond acceptors (Lipinski definition) is 5. The van der Waals surface area contributed by atoms with E-state index in [1.165, 1.54) is 30.2 Å². The van der Waals surface area contributed by atoms with Crippen LogP contribution in [0, 0.1) is 6.92 Å². The Morgan fingerprint density at radius 3 is 2.25 bits per heavy atom. The van der Waals surface area contributed by atoms with E-state index in [2.05, 4.69) is 5.32 Å². The lowest BCUT2D eigenvalue weighted by Crippen LogP contribution is -2.53. The maximum Gasteiger partial charge on any atom is 0.264 e. The SMILES string of the molecule is CC[C@H](C(=O)NC(C)C)N(Cc1ccccc1C)C(=O)CN(c1cccc(Cl)c1)S(=O)(=O)c1ccc(OC)cc1. The number of rotatable bonds is 12. The summed E-state index contributed by atoms with van der Waals surface area (Å²) in [4.78, 5) is 28.7. The molecular weight excluding hydrogens is 550 g/mol. The van der Waals surface area contributed by atoms with Crippen LogP contribution in [-0.2, 0) is 26.2 Å². The Balaban J connectivity index is 2.08. The van der Waals surface area contributed by atoms with Crippen LogP contribution in [0.1, 0.15) is 38.3 Å². The topological polar surface area (TPSA) is 96.0 Å². The summed E-state index contributed by atoms with van der Waals surface area (Å²) in [6.45, 7) is 7.06. The zero-order valence-electron chi connectivity index (χ0n) is 23.4. The van der Waals surface area contributed by atoms with Gasteiger partial charge in [-0.05, 0) is 80.8 Å². The first-order valence-corrected chi connectivity index (χ1v) is 14.9. The summed E-state index contributed by atoms with van der Waals surface area (Å²) in [5, 5.41) is 3.21. The van der Waals surface area contributed by atoms with E-state index in [4.69, 9.17) is 16.3 Å². The van der Waals surface area contributed by atoms with E-state index in [-0.39, 0.29) is 29.1 Å². The van der Waals surface area contributed by atoms with Gasteiger partial charge in [0.05, 0.1) is 17.7 Å². The minimum absolute atomic E-state index is 0.0175. The highest BCUT2D eigenvalue weighted by Gasteiger charge is 2.34. The summed E-state index contributed by atoms with van der Waals surface area (Å²) in [5.74, 6) is -0.325. The quantitative estimate of drug-likeness (QED) is 0.316. The minimum atomic E-state index is -4.21. The van der Waals surface area contributed by atoms with E-state index >= 15 is 0 Å². The molecule has 1 N–H and O–H groups in total. The molecular formula is C30H36ClN3O5S. The normalized spacial score (nSPS) is 12.1. The van der Waals surface area contributed by atoms with Gasteiger partial charge in [0, 0.05) is 17.6 Å². The van der Waals surface area contributed by atoms with Crippen LogP contribution in [0.5, 0.6) is 5.75 Å². The van der Waals surface area contributed by atoms with Gasteiger partial charge in [-0.25, -0.2) is 8.42 Å². The number of methoxy groups -OCH3 is 1. The fraction of sp³-hybridized carbons (Fsp3) is 0.333. The van der Waals surface area contributed by atoms with Crippen molar-refractivity contribution in [1.29, 1.82) is 0 Å². The molecule has 2 amide bonds. The molecule has 0 aliphatic rings. The Hall–Kier alpha value is -3.56. The van der Waals surface area contributed by atoms with Crippen LogP contribution in [0.15, 0.2) is 77.7 Å². The molecule has 0 heterocycles. The number of benzene rings is 3. The van der Waals surface area contributed by atoms with E-state index in [0.717, 1.165) is 15.4 Å². The van der Waals surface area contributed by atoms with Gasteiger partial charge in [0.25, 0.3) is 10.0 Å².